The van der Waals surface area contributed by atoms with E-state index in [0.717, 1.165) is 0 Å². The first-order valence-electron chi connectivity index (χ1n) is 0.983. The van der Waals surface area contributed by atoms with E-state index in [-0.39, 0.29) is 29.6 Å². The molecular formula is C2H7NaOS. The maximum atomic E-state index is 9.56. The third kappa shape index (κ3) is 33.9. The van der Waals surface area contributed by atoms with Gasteiger partial charge in [0.15, 0.2) is 0 Å². The van der Waals surface area contributed by atoms with Gasteiger partial charge in [0.25, 0.3) is 0 Å². The van der Waals surface area contributed by atoms with Crippen LogP contribution < -0.4 is 0 Å². The zero-order valence-electron chi connectivity index (χ0n) is 2.82. The molecule has 0 saturated heterocycles. The number of hydrogen-bond acceptors (Lipinski definition) is 1. The molecule has 0 aromatic heterocycles. The summed E-state index contributed by atoms with van der Waals surface area (Å²) in [6, 6.07) is 0. The molecule has 1 nitrogen and oxygen atoms in total. The van der Waals surface area contributed by atoms with Gasteiger partial charge in [-0.3, -0.25) is 0 Å². The van der Waals surface area contributed by atoms with Crippen LogP contribution in [0.3, 0.4) is 0 Å². The van der Waals surface area contributed by atoms with Crippen molar-refractivity contribution in [3.63, 3.8) is 0 Å². The summed E-state index contributed by atoms with van der Waals surface area (Å²) in [5.41, 5.74) is 0. The van der Waals surface area contributed by atoms with Crippen LogP contribution in [0.15, 0.2) is 0 Å². The molecule has 0 rings (SSSR count). The summed E-state index contributed by atoms with van der Waals surface area (Å²) in [7, 11) is 0. The van der Waals surface area contributed by atoms with Crippen LogP contribution in [0.2, 0.25) is 0 Å². The van der Waals surface area contributed by atoms with Gasteiger partial charge in [-0.05, 0) is 0 Å². The van der Waals surface area contributed by atoms with E-state index in [1.807, 2.05) is 0 Å². The van der Waals surface area contributed by atoms with Gasteiger partial charge in [-0.15, -0.1) is 0 Å². The van der Waals surface area contributed by atoms with E-state index in [4.69, 9.17) is 0 Å². The molecule has 0 atom stereocenters. The molecular weight excluding hydrogens is 95.1 g/mol. The van der Waals surface area contributed by atoms with Gasteiger partial charge in [0.1, 0.15) is 0 Å². The summed E-state index contributed by atoms with van der Waals surface area (Å²) < 4.78 is 9.56. The fraction of sp³-hybridized carbons (Fsp3) is 1.00. The first-order valence-corrected chi connectivity index (χ1v) is 2.95. The average Bonchev–Trinajstić information content (AvgIpc) is 0.811. The van der Waals surface area contributed by atoms with Crippen molar-refractivity contribution in [2.75, 3.05) is 12.5 Å². The molecule has 0 bridgehead atoms. The fourth-order valence-electron chi connectivity index (χ4n) is 0. The van der Waals surface area contributed by atoms with Crippen LogP contribution in [0.4, 0.5) is 0 Å². The van der Waals surface area contributed by atoms with Crippen molar-refractivity contribution >= 4 is 40.7 Å². The van der Waals surface area contributed by atoms with Crippen molar-refractivity contribution in [1.29, 1.82) is 0 Å². The van der Waals surface area contributed by atoms with Gasteiger partial charge in [0, 0.05) is 0 Å². The zero-order valence-corrected chi connectivity index (χ0v) is 3.63. The van der Waals surface area contributed by atoms with Crippen molar-refractivity contribution < 1.29 is 4.55 Å². The topological polar surface area (TPSA) is 23.1 Å². The predicted octanol–water partition coefficient (Wildman–Crippen LogP) is -0.654. The summed E-state index contributed by atoms with van der Waals surface area (Å²) in [6.07, 6.45) is 3.28. The molecule has 28 valence electrons. The Morgan fingerprint density at radius 2 is 1.40 bits per heavy atom. The Morgan fingerprint density at radius 1 is 1.40 bits per heavy atom. The van der Waals surface area contributed by atoms with Gasteiger partial charge in [0.05, 0.1) is 12.5 Å². The van der Waals surface area contributed by atoms with Gasteiger partial charge in [-0.1, -0.05) is 11.2 Å². The summed E-state index contributed by atoms with van der Waals surface area (Å²) in [6.45, 7) is 0. The van der Waals surface area contributed by atoms with Crippen LogP contribution in [-0.4, -0.2) is 46.6 Å². The minimum atomic E-state index is -0.611. The number of rotatable bonds is 0. The molecule has 0 aromatic carbocycles. The molecule has 0 unspecified atom stereocenters. The van der Waals surface area contributed by atoms with E-state index < -0.39 is 11.2 Å². The predicted molar refractivity (Wildman–Crippen MR) is 27.1 cm³/mol. The third-order valence-corrected chi connectivity index (χ3v) is 0. The van der Waals surface area contributed by atoms with E-state index in [1.54, 1.807) is 12.5 Å². The van der Waals surface area contributed by atoms with E-state index in [9.17, 15) is 4.55 Å². The van der Waals surface area contributed by atoms with E-state index in [0.29, 0.717) is 0 Å². The molecule has 0 heterocycles. The Kier molecular flexibility index (Phi) is 10.2. The molecule has 0 aromatic rings. The van der Waals surface area contributed by atoms with Crippen LogP contribution in [0.1, 0.15) is 0 Å². The Balaban J connectivity index is 0. The van der Waals surface area contributed by atoms with Crippen LogP contribution in [0, 0.1) is 0 Å². The summed E-state index contributed by atoms with van der Waals surface area (Å²) in [4.78, 5) is 0. The number of hydrogen-bond donors (Lipinski definition) is 0. The summed E-state index contributed by atoms with van der Waals surface area (Å²) in [5.74, 6) is 0. The fourth-order valence-corrected chi connectivity index (χ4v) is 0. The van der Waals surface area contributed by atoms with E-state index in [1.165, 1.54) is 0 Å². The normalized spacial score (nSPS) is 7.20. The monoisotopic (exact) mass is 102 g/mol. The minimum absolute atomic E-state index is 0. The zero-order chi connectivity index (χ0) is 3.58. The molecule has 0 aliphatic carbocycles. The first-order chi connectivity index (χ1) is 1.73. The molecule has 3 heteroatoms. The average molecular weight is 102 g/mol. The SMILES string of the molecule is C[S+](C)[O-].[NaH]. The second-order valence-corrected chi connectivity index (χ2v) is 2.22. The Morgan fingerprint density at radius 3 is 1.40 bits per heavy atom. The van der Waals surface area contributed by atoms with Crippen LogP contribution in [0.5, 0.6) is 0 Å². The second-order valence-electron chi connectivity index (χ2n) is 0.742. The third-order valence-electron chi connectivity index (χ3n) is 0. The van der Waals surface area contributed by atoms with Crippen LogP contribution in [-0.2, 0) is 11.2 Å². The van der Waals surface area contributed by atoms with Crippen molar-refractivity contribution in [2.45, 2.75) is 0 Å². The Bertz CT molecular complexity index is 14.4. The van der Waals surface area contributed by atoms with Gasteiger partial charge >= 0.3 is 29.6 Å². The van der Waals surface area contributed by atoms with Gasteiger partial charge < -0.3 is 4.55 Å². The quantitative estimate of drug-likeness (QED) is 0.294. The standard InChI is InChI=1S/C2H6OS.Na.H/c1-4(2)3;;/h1-2H3;;. The van der Waals surface area contributed by atoms with Crippen molar-refractivity contribution in [1.82, 2.24) is 0 Å². The van der Waals surface area contributed by atoms with Crippen molar-refractivity contribution in [2.24, 2.45) is 0 Å². The Labute approximate surface area is 57.6 Å². The van der Waals surface area contributed by atoms with Crippen LogP contribution in [0.25, 0.3) is 0 Å². The molecule has 0 spiro atoms. The van der Waals surface area contributed by atoms with Crippen molar-refractivity contribution in [3.8, 4) is 0 Å². The van der Waals surface area contributed by atoms with Gasteiger partial charge in [0.2, 0.25) is 0 Å². The van der Waals surface area contributed by atoms with Crippen LogP contribution >= 0.6 is 0 Å². The molecule has 5 heavy (non-hydrogen) atoms. The van der Waals surface area contributed by atoms with Crippen molar-refractivity contribution in [3.05, 3.63) is 0 Å². The van der Waals surface area contributed by atoms with Gasteiger partial charge in [-0.2, -0.15) is 0 Å². The molecule has 0 aliphatic rings. The molecule has 0 saturated carbocycles. The van der Waals surface area contributed by atoms with E-state index in [2.05, 4.69) is 0 Å². The molecule has 0 N–H and O–H groups in total. The van der Waals surface area contributed by atoms with Gasteiger partial charge in [-0.25, -0.2) is 0 Å². The second kappa shape index (κ2) is 5.31. The molecule has 0 aliphatic heterocycles. The molecule has 0 amide bonds. The summed E-state index contributed by atoms with van der Waals surface area (Å²) in [5, 5.41) is 0. The van der Waals surface area contributed by atoms with E-state index >= 15 is 0 Å². The molecule has 0 radical (unpaired) electrons. The Hall–Kier alpha value is 1.31. The molecule has 0 fully saturated rings. The maximum absolute atomic E-state index is 9.56. The summed E-state index contributed by atoms with van der Waals surface area (Å²) >= 11 is -0.611. The first kappa shape index (κ1) is 9.58.